The van der Waals surface area contributed by atoms with Crippen LogP contribution in [0.15, 0.2) is 36.4 Å². The number of para-hydroxylation sites is 1. The topological polar surface area (TPSA) is 49.4 Å². The minimum Gasteiger partial charge on any atom is -0.330 e. The number of nitrogens with zero attached hydrogens (tertiary/aromatic N) is 1. The second kappa shape index (κ2) is 8.77. The molecule has 25 heavy (non-hydrogen) atoms. The molecule has 0 aliphatic heterocycles. The lowest BCUT2D eigenvalue weighted by Crippen LogP contribution is -2.38. The summed E-state index contributed by atoms with van der Waals surface area (Å²) >= 11 is 24.0. The van der Waals surface area contributed by atoms with E-state index in [1.54, 1.807) is 31.2 Å². The van der Waals surface area contributed by atoms with Gasteiger partial charge in [0.2, 0.25) is 5.91 Å². The molecule has 8 heteroatoms. The van der Waals surface area contributed by atoms with Crippen LogP contribution >= 0.6 is 46.4 Å². The summed E-state index contributed by atoms with van der Waals surface area (Å²) in [5.41, 5.74) is 0.541. The second-order valence-corrected chi connectivity index (χ2v) is 6.75. The van der Waals surface area contributed by atoms with E-state index in [1.807, 2.05) is 0 Å². The van der Waals surface area contributed by atoms with E-state index in [1.165, 1.54) is 17.0 Å². The molecule has 1 N–H and O–H groups in total. The summed E-state index contributed by atoms with van der Waals surface area (Å²) in [5.74, 6) is -0.821. The monoisotopic (exact) mass is 418 g/mol. The third-order valence-electron chi connectivity index (χ3n) is 3.39. The lowest BCUT2D eigenvalue weighted by molar-refractivity contribution is -0.116. The summed E-state index contributed by atoms with van der Waals surface area (Å²) in [6.07, 6.45) is 0. The standard InChI is InChI=1S/C17H14Cl4N2O2/c1-2-23(17(25)11-8-10(18)6-7-12(11)19)9-15(24)22-16-13(20)4-3-5-14(16)21/h3-8H,2,9H2,1H3,(H,22,24). The van der Waals surface area contributed by atoms with Crippen LogP contribution in [0.3, 0.4) is 0 Å². The Hall–Kier alpha value is -1.46. The Morgan fingerprint density at radius 3 is 2.24 bits per heavy atom. The van der Waals surface area contributed by atoms with Gasteiger partial charge in [-0.1, -0.05) is 52.5 Å². The lowest BCUT2D eigenvalue weighted by Gasteiger charge is -2.21. The van der Waals surface area contributed by atoms with Gasteiger partial charge in [-0.3, -0.25) is 9.59 Å². The third-order valence-corrected chi connectivity index (χ3v) is 4.58. The van der Waals surface area contributed by atoms with Crippen LogP contribution in [0.5, 0.6) is 0 Å². The van der Waals surface area contributed by atoms with E-state index in [2.05, 4.69) is 5.32 Å². The Bertz CT molecular complexity index is 791. The van der Waals surface area contributed by atoms with Crippen molar-refractivity contribution >= 4 is 63.9 Å². The average Bonchev–Trinajstić information content (AvgIpc) is 2.57. The SMILES string of the molecule is CCN(CC(=O)Nc1c(Cl)cccc1Cl)C(=O)c1cc(Cl)ccc1Cl. The van der Waals surface area contributed by atoms with Crippen molar-refractivity contribution in [1.29, 1.82) is 0 Å². The van der Waals surface area contributed by atoms with Crippen molar-refractivity contribution in [3.05, 3.63) is 62.1 Å². The van der Waals surface area contributed by atoms with Crippen LogP contribution in [-0.4, -0.2) is 29.8 Å². The smallest absolute Gasteiger partial charge is 0.255 e. The van der Waals surface area contributed by atoms with Crippen molar-refractivity contribution in [3.63, 3.8) is 0 Å². The molecule has 0 heterocycles. The number of hydrogen-bond donors (Lipinski definition) is 1. The number of hydrogen-bond acceptors (Lipinski definition) is 2. The predicted octanol–water partition coefficient (Wildman–Crippen LogP) is 5.40. The van der Waals surface area contributed by atoms with Gasteiger partial charge >= 0.3 is 0 Å². The van der Waals surface area contributed by atoms with Crippen molar-refractivity contribution in [2.75, 3.05) is 18.4 Å². The number of halogens is 4. The number of amides is 2. The summed E-state index contributed by atoms with van der Waals surface area (Å²) < 4.78 is 0. The Labute approximate surface area is 165 Å². The van der Waals surface area contributed by atoms with Gasteiger partial charge in [0.1, 0.15) is 6.54 Å². The number of carbonyl (C=O) groups is 2. The highest BCUT2D eigenvalue weighted by Gasteiger charge is 2.21. The molecule has 2 aromatic carbocycles. The van der Waals surface area contributed by atoms with E-state index in [-0.39, 0.29) is 17.1 Å². The number of carbonyl (C=O) groups excluding carboxylic acids is 2. The molecule has 0 aliphatic rings. The largest absolute Gasteiger partial charge is 0.330 e. The molecular weight excluding hydrogens is 406 g/mol. The summed E-state index contributed by atoms with van der Waals surface area (Å²) in [4.78, 5) is 26.3. The fourth-order valence-electron chi connectivity index (χ4n) is 2.13. The maximum atomic E-state index is 12.6. The van der Waals surface area contributed by atoms with Gasteiger partial charge in [-0.2, -0.15) is 0 Å². The van der Waals surface area contributed by atoms with Crippen molar-refractivity contribution in [2.45, 2.75) is 6.92 Å². The minimum atomic E-state index is -0.427. The molecule has 0 fully saturated rings. The van der Waals surface area contributed by atoms with Crippen LogP contribution in [0.1, 0.15) is 17.3 Å². The van der Waals surface area contributed by atoms with E-state index in [9.17, 15) is 9.59 Å². The second-order valence-electron chi connectivity index (χ2n) is 5.09. The maximum absolute atomic E-state index is 12.6. The highest BCUT2D eigenvalue weighted by molar-refractivity contribution is 6.39. The Balaban J connectivity index is 2.14. The van der Waals surface area contributed by atoms with Gasteiger partial charge in [0.05, 0.1) is 26.3 Å². The van der Waals surface area contributed by atoms with Crippen molar-refractivity contribution in [1.82, 2.24) is 4.90 Å². The third kappa shape index (κ3) is 5.02. The van der Waals surface area contributed by atoms with Crippen LogP contribution in [0.4, 0.5) is 5.69 Å². The molecule has 4 nitrogen and oxygen atoms in total. The zero-order valence-corrected chi connectivity index (χ0v) is 16.2. The predicted molar refractivity (Wildman–Crippen MR) is 103 cm³/mol. The van der Waals surface area contributed by atoms with E-state index in [4.69, 9.17) is 46.4 Å². The maximum Gasteiger partial charge on any atom is 0.255 e. The first-order valence-electron chi connectivity index (χ1n) is 7.31. The van der Waals surface area contributed by atoms with E-state index >= 15 is 0 Å². The fourth-order valence-corrected chi connectivity index (χ4v) is 2.99. The molecule has 132 valence electrons. The Morgan fingerprint density at radius 1 is 1.00 bits per heavy atom. The molecule has 2 rings (SSSR count). The van der Waals surface area contributed by atoms with Gasteiger partial charge in [0, 0.05) is 11.6 Å². The number of rotatable bonds is 5. The average molecular weight is 420 g/mol. The highest BCUT2D eigenvalue weighted by atomic mass is 35.5. The molecule has 0 unspecified atom stereocenters. The van der Waals surface area contributed by atoms with Crippen molar-refractivity contribution < 1.29 is 9.59 Å². The van der Waals surface area contributed by atoms with Crippen LogP contribution < -0.4 is 5.32 Å². The minimum absolute atomic E-state index is 0.181. The van der Waals surface area contributed by atoms with Gasteiger partial charge < -0.3 is 10.2 Å². The molecule has 0 aromatic heterocycles. The summed E-state index contributed by atoms with van der Waals surface area (Å²) in [5, 5.41) is 3.90. The quantitative estimate of drug-likeness (QED) is 0.705. The number of anilines is 1. The number of benzene rings is 2. The van der Waals surface area contributed by atoms with Crippen molar-refractivity contribution in [2.24, 2.45) is 0 Å². The molecule has 0 atom stereocenters. The van der Waals surface area contributed by atoms with Crippen LogP contribution in [-0.2, 0) is 4.79 Å². The van der Waals surface area contributed by atoms with Gasteiger partial charge in [-0.25, -0.2) is 0 Å². The molecule has 0 radical (unpaired) electrons. The molecule has 0 bridgehead atoms. The molecular formula is C17H14Cl4N2O2. The van der Waals surface area contributed by atoms with Crippen LogP contribution in [0.25, 0.3) is 0 Å². The molecule has 0 spiro atoms. The molecule has 2 amide bonds. The summed E-state index contributed by atoms with van der Waals surface area (Å²) in [7, 11) is 0. The summed E-state index contributed by atoms with van der Waals surface area (Å²) in [6, 6.07) is 9.48. The van der Waals surface area contributed by atoms with E-state index in [0.717, 1.165) is 0 Å². The number of nitrogens with one attached hydrogen (secondary N) is 1. The Kier molecular flexibility index (Phi) is 6.96. The van der Waals surface area contributed by atoms with E-state index in [0.29, 0.717) is 27.3 Å². The molecule has 0 aliphatic carbocycles. The number of likely N-dealkylation sites (N-methyl/N-ethyl adjacent to an activating group) is 1. The molecule has 0 saturated heterocycles. The summed E-state index contributed by atoms with van der Waals surface area (Å²) in [6.45, 7) is 1.89. The zero-order chi connectivity index (χ0) is 18.6. The fraction of sp³-hybridized carbons (Fsp3) is 0.176. The van der Waals surface area contributed by atoms with Crippen molar-refractivity contribution in [3.8, 4) is 0 Å². The van der Waals surface area contributed by atoms with Gasteiger partial charge in [-0.05, 0) is 37.3 Å². The zero-order valence-electron chi connectivity index (χ0n) is 13.2. The molecule has 0 saturated carbocycles. The van der Waals surface area contributed by atoms with E-state index < -0.39 is 11.8 Å². The van der Waals surface area contributed by atoms with Gasteiger partial charge in [0.15, 0.2) is 0 Å². The van der Waals surface area contributed by atoms with Crippen LogP contribution in [0.2, 0.25) is 20.1 Å². The Morgan fingerprint density at radius 2 is 1.64 bits per heavy atom. The lowest BCUT2D eigenvalue weighted by atomic mass is 10.2. The first kappa shape index (κ1) is 19.9. The van der Waals surface area contributed by atoms with Crippen LogP contribution in [0, 0.1) is 0 Å². The van der Waals surface area contributed by atoms with Gasteiger partial charge in [-0.15, -0.1) is 0 Å². The van der Waals surface area contributed by atoms with Gasteiger partial charge in [0.25, 0.3) is 5.91 Å². The highest BCUT2D eigenvalue weighted by Crippen LogP contribution is 2.29. The normalized spacial score (nSPS) is 10.4. The molecule has 2 aromatic rings. The first-order chi connectivity index (χ1) is 11.8. The first-order valence-corrected chi connectivity index (χ1v) is 8.82.